The molecule has 0 atom stereocenters. The number of pyridine rings is 1. The molecule has 7 nitrogen and oxygen atoms in total. The summed E-state index contributed by atoms with van der Waals surface area (Å²) < 4.78 is 38.9. The van der Waals surface area contributed by atoms with Crippen molar-refractivity contribution in [3.8, 4) is 28.4 Å². The van der Waals surface area contributed by atoms with Gasteiger partial charge in [-0.05, 0) is 32.0 Å². The molecule has 0 aliphatic carbocycles. The van der Waals surface area contributed by atoms with E-state index in [9.17, 15) is 13.6 Å². The smallest absolute Gasteiger partial charge is 0.410 e. The second kappa shape index (κ2) is 9.04. The van der Waals surface area contributed by atoms with E-state index >= 15 is 0 Å². The largest absolute Gasteiger partial charge is 0.469 e. The molecular formula is C22H19ClF2N4O3. The van der Waals surface area contributed by atoms with Crippen LogP contribution in [0.15, 0.2) is 42.9 Å². The lowest BCUT2D eigenvalue weighted by atomic mass is 10.0. The Balaban J connectivity index is 1.62. The van der Waals surface area contributed by atoms with Crippen molar-refractivity contribution in [3.63, 3.8) is 0 Å². The summed E-state index contributed by atoms with van der Waals surface area (Å²) >= 11 is 6.29. The third-order valence-electron chi connectivity index (χ3n) is 4.69. The van der Waals surface area contributed by atoms with Gasteiger partial charge < -0.3 is 14.4 Å². The first-order valence-electron chi connectivity index (χ1n) is 9.86. The van der Waals surface area contributed by atoms with Crippen molar-refractivity contribution < 1.29 is 23.0 Å². The lowest BCUT2D eigenvalue weighted by molar-refractivity contribution is -0.000148. The number of likely N-dealkylation sites (tertiary alicyclic amines) is 1. The molecule has 10 heteroatoms. The average molecular weight is 461 g/mol. The van der Waals surface area contributed by atoms with E-state index in [1.165, 1.54) is 29.6 Å². The summed E-state index contributed by atoms with van der Waals surface area (Å²) in [6.45, 7) is 4.23. The second-order valence-electron chi connectivity index (χ2n) is 7.46. The molecule has 1 saturated heterocycles. The molecule has 0 N–H and O–H groups in total. The quantitative estimate of drug-likeness (QED) is 0.547. The predicted molar refractivity (Wildman–Crippen MR) is 113 cm³/mol. The number of rotatable bonds is 5. The van der Waals surface area contributed by atoms with Gasteiger partial charge in [0.15, 0.2) is 0 Å². The van der Waals surface area contributed by atoms with Gasteiger partial charge in [0.2, 0.25) is 5.88 Å². The van der Waals surface area contributed by atoms with Gasteiger partial charge in [0.1, 0.15) is 23.4 Å². The Morgan fingerprint density at radius 3 is 2.62 bits per heavy atom. The first kappa shape index (κ1) is 21.9. The van der Waals surface area contributed by atoms with Crippen LogP contribution in [0.25, 0.3) is 22.5 Å². The summed E-state index contributed by atoms with van der Waals surface area (Å²) in [7, 11) is 0. The predicted octanol–water partition coefficient (Wildman–Crippen LogP) is 4.75. The lowest BCUT2D eigenvalue weighted by Crippen LogP contribution is -2.56. The van der Waals surface area contributed by atoms with Gasteiger partial charge in [-0.1, -0.05) is 11.6 Å². The van der Waals surface area contributed by atoms with E-state index in [1.54, 1.807) is 19.9 Å². The highest BCUT2D eigenvalue weighted by Gasteiger charge is 2.34. The van der Waals surface area contributed by atoms with Crippen LogP contribution in [-0.4, -0.2) is 51.2 Å². The molecule has 166 valence electrons. The molecular weight excluding hydrogens is 442 g/mol. The first-order chi connectivity index (χ1) is 15.3. The number of aromatic nitrogens is 3. The van der Waals surface area contributed by atoms with E-state index in [0.717, 1.165) is 12.1 Å². The van der Waals surface area contributed by atoms with Gasteiger partial charge in [-0.15, -0.1) is 0 Å². The van der Waals surface area contributed by atoms with E-state index in [2.05, 4.69) is 15.0 Å². The minimum absolute atomic E-state index is 0.0691. The zero-order valence-corrected chi connectivity index (χ0v) is 18.0. The lowest BCUT2D eigenvalue weighted by Gasteiger charge is -2.38. The van der Waals surface area contributed by atoms with Crippen LogP contribution >= 0.6 is 11.6 Å². The highest BCUT2D eigenvalue weighted by atomic mass is 35.5. The summed E-state index contributed by atoms with van der Waals surface area (Å²) in [5.74, 6) is -1.30. The van der Waals surface area contributed by atoms with Crippen molar-refractivity contribution in [1.29, 1.82) is 0 Å². The van der Waals surface area contributed by atoms with Crippen molar-refractivity contribution in [2.75, 3.05) is 13.1 Å². The number of ether oxygens (including phenoxy) is 2. The molecule has 0 spiro atoms. The van der Waals surface area contributed by atoms with Crippen LogP contribution in [-0.2, 0) is 4.74 Å². The SMILES string of the molecule is CC(C)OC(=O)N1CC(Oc2cnc(-c3ccc(F)cc3F)c(-c3ccncc3Cl)n2)C1. The van der Waals surface area contributed by atoms with Crippen LogP contribution in [0.2, 0.25) is 5.02 Å². The summed E-state index contributed by atoms with van der Waals surface area (Å²) in [5.41, 5.74) is 0.975. The Labute approximate surface area is 188 Å². The first-order valence-corrected chi connectivity index (χ1v) is 10.2. The highest BCUT2D eigenvalue weighted by molar-refractivity contribution is 6.33. The van der Waals surface area contributed by atoms with Crippen molar-refractivity contribution in [2.45, 2.75) is 26.1 Å². The van der Waals surface area contributed by atoms with Crippen LogP contribution in [0.3, 0.4) is 0 Å². The maximum Gasteiger partial charge on any atom is 0.410 e. The Kier molecular flexibility index (Phi) is 6.18. The number of hydrogen-bond donors (Lipinski definition) is 0. The third-order valence-corrected chi connectivity index (χ3v) is 5.00. The summed E-state index contributed by atoms with van der Waals surface area (Å²) in [4.78, 5) is 26.2. The molecule has 0 radical (unpaired) electrons. The van der Waals surface area contributed by atoms with Gasteiger partial charge in [0.05, 0.1) is 36.1 Å². The number of amides is 1. The van der Waals surface area contributed by atoms with E-state index in [-0.39, 0.29) is 40.1 Å². The molecule has 4 rings (SSSR count). The standard InChI is InChI=1S/C22H19ClF2N4O3/c1-12(2)31-22(30)29-10-14(11-29)32-19-9-27-20(16-4-3-13(24)7-18(16)25)21(28-19)15-5-6-26-8-17(15)23/h3-9,12,14H,10-11H2,1-2H3. The number of nitrogens with zero attached hydrogens (tertiary/aromatic N) is 4. The summed E-state index contributed by atoms with van der Waals surface area (Å²) in [5, 5.41) is 0.286. The Hall–Kier alpha value is -3.33. The third kappa shape index (κ3) is 4.62. The fourth-order valence-corrected chi connectivity index (χ4v) is 3.38. The summed E-state index contributed by atoms with van der Waals surface area (Å²) in [6, 6.07) is 4.83. The van der Waals surface area contributed by atoms with Crippen molar-refractivity contribution >= 4 is 17.7 Å². The van der Waals surface area contributed by atoms with Gasteiger partial charge in [-0.2, -0.15) is 0 Å². The Morgan fingerprint density at radius 2 is 1.94 bits per heavy atom. The highest BCUT2D eigenvalue weighted by Crippen LogP contribution is 2.35. The topological polar surface area (TPSA) is 77.4 Å². The molecule has 0 bridgehead atoms. The van der Waals surface area contributed by atoms with Gasteiger partial charge in [0, 0.05) is 29.6 Å². The van der Waals surface area contributed by atoms with Crippen LogP contribution in [0.4, 0.5) is 13.6 Å². The molecule has 32 heavy (non-hydrogen) atoms. The minimum Gasteiger partial charge on any atom is -0.469 e. The molecule has 1 aliphatic heterocycles. The number of carbonyl (C=O) groups excluding carboxylic acids is 1. The van der Waals surface area contributed by atoms with Crippen LogP contribution in [0.1, 0.15) is 13.8 Å². The Morgan fingerprint density at radius 1 is 1.16 bits per heavy atom. The number of hydrogen-bond acceptors (Lipinski definition) is 6. The maximum absolute atomic E-state index is 14.5. The van der Waals surface area contributed by atoms with Gasteiger partial charge in [-0.3, -0.25) is 4.98 Å². The van der Waals surface area contributed by atoms with Crippen LogP contribution in [0, 0.1) is 11.6 Å². The van der Waals surface area contributed by atoms with Crippen LogP contribution < -0.4 is 4.74 Å². The number of carbonyl (C=O) groups is 1. The monoisotopic (exact) mass is 460 g/mol. The van der Waals surface area contributed by atoms with Crippen molar-refractivity contribution in [2.24, 2.45) is 0 Å². The zero-order chi connectivity index (χ0) is 22.8. The normalized spacial score (nSPS) is 13.8. The molecule has 1 fully saturated rings. The van der Waals surface area contributed by atoms with E-state index < -0.39 is 17.7 Å². The minimum atomic E-state index is -0.780. The van der Waals surface area contributed by atoms with E-state index in [1.807, 2.05) is 0 Å². The van der Waals surface area contributed by atoms with Gasteiger partial charge in [-0.25, -0.2) is 23.5 Å². The van der Waals surface area contributed by atoms with E-state index in [0.29, 0.717) is 18.7 Å². The molecule has 1 amide bonds. The van der Waals surface area contributed by atoms with Gasteiger partial charge >= 0.3 is 6.09 Å². The average Bonchev–Trinajstić information content (AvgIpc) is 2.70. The fraction of sp³-hybridized carbons (Fsp3) is 0.273. The van der Waals surface area contributed by atoms with Crippen LogP contribution in [0.5, 0.6) is 5.88 Å². The molecule has 3 aromatic rings. The van der Waals surface area contributed by atoms with Gasteiger partial charge in [0.25, 0.3) is 0 Å². The summed E-state index contributed by atoms with van der Waals surface area (Å²) in [6.07, 6.45) is 3.40. The molecule has 0 unspecified atom stereocenters. The Bertz CT molecular complexity index is 1160. The fourth-order valence-electron chi connectivity index (χ4n) is 3.17. The molecule has 2 aromatic heterocycles. The van der Waals surface area contributed by atoms with Crippen molar-refractivity contribution in [3.05, 3.63) is 59.5 Å². The van der Waals surface area contributed by atoms with Crippen molar-refractivity contribution in [1.82, 2.24) is 19.9 Å². The molecule has 1 aliphatic rings. The maximum atomic E-state index is 14.5. The molecule has 3 heterocycles. The molecule has 0 saturated carbocycles. The van der Waals surface area contributed by atoms with E-state index in [4.69, 9.17) is 21.1 Å². The zero-order valence-electron chi connectivity index (χ0n) is 17.3. The second-order valence-corrected chi connectivity index (χ2v) is 7.87. The molecule has 1 aromatic carbocycles. The number of halogens is 3. The number of benzene rings is 1.